The molecule has 25 heavy (non-hydrogen) atoms. The number of aryl methyl sites for hydroxylation is 2. The van der Waals surface area contributed by atoms with Crippen molar-refractivity contribution in [1.82, 2.24) is 24.9 Å². The minimum Gasteiger partial charge on any atom is -0.350 e. The van der Waals surface area contributed by atoms with Crippen molar-refractivity contribution in [2.45, 2.75) is 26.9 Å². The summed E-state index contributed by atoms with van der Waals surface area (Å²) in [5.74, 6) is -0.101. The lowest BCUT2D eigenvalue weighted by Gasteiger charge is -2.08. The molecule has 0 spiro atoms. The summed E-state index contributed by atoms with van der Waals surface area (Å²) in [5.41, 5.74) is 3.87. The smallest absolute Gasteiger partial charge is 0.251 e. The Morgan fingerprint density at radius 3 is 2.60 bits per heavy atom. The van der Waals surface area contributed by atoms with Crippen LogP contribution in [0.25, 0.3) is 0 Å². The van der Waals surface area contributed by atoms with Crippen molar-refractivity contribution in [3.05, 3.63) is 70.3 Å². The topological polar surface area (TPSA) is 64.7 Å². The maximum absolute atomic E-state index is 12.2. The van der Waals surface area contributed by atoms with Crippen LogP contribution in [0.2, 0.25) is 5.02 Å². The van der Waals surface area contributed by atoms with Crippen LogP contribution in [0.4, 0.5) is 0 Å². The van der Waals surface area contributed by atoms with Crippen molar-refractivity contribution in [2.75, 3.05) is 6.54 Å². The summed E-state index contributed by atoms with van der Waals surface area (Å²) in [6, 6.07) is 9.63. The molecule has 0 saturated heterocycles. The Bertz CT molecular complexity index is 866. The number of nitrogens with one attached hydrogen (secondary N) is 1. The fourth-order valence-corrected chi connectivity index (χ4v) is 2.77. The highest BCUT2D eigenvalue weighted by atomic mass is 35.5. The molecule has 0 fully saturated rings. The van der Waals surface area contributed by atoms with Gasteiger partial charge in [-0.2, -0.15) is 10.2 Å². The Labute approximate surface area is 151 Å². The van der Waals surface area contributed by atoms with E-state index in [9.17, 15) is 4.79 Å². The first-order valence-electron chi connectivity index (χ1n) is 8.07. The lowest BCUT2D eigenvalue weighted by atomic mass is 10.1. The molecule has 0 unspecified atom stereocenters. The molecule has 3 rings (SSSR count). The molecule has 0 aliphatic carbocycles. The van der Waals surface area contributed by atoms with Crippen LogP contribution in [0, 0.1) is 13.8 Å². The average molecular weight is 358 g/mol. The minimum atomic E-state index is -0.101. The van der Waals surface area contributed by atoms with E-state index in [2.05, 4.69) is 21.6 Å². The fourth-order valence-electron chi connectivity index (χ4n) is 2.62. The summed E-state index contributed by atoms with van der Waals surface area (Å²) in [7, 11) is 0. The number of carbonyl (C=O) groups is 1. The monoisotopic (exact) mass is 357 g/mol. The van der Waals surface area contributed by atoms with Gasteiger partial charge in [0.25, 0.3) is 5.91 Å². The van der Waals surface area contributed by atoms with Gasteiger partial charge >= 0.3 is 0 Å². The maximum Gasteiger partial charge on any atom is 0.251 e. The summed E-state index contributed by atoms with van der Waals surface area (Å²) < 4.78 is 3.65. The molecule has 2 heterocycles. The van der Waals surface area contributed by atoms with E-state index in [-0.39, 0.29) is 5.91 Å². The van der Waals surface area contributed by atoms with Crippen molar-refractivity contribution >= 4 is 17.5 Å². The number of aromatic nitrogens is 4. The van der Waals surface area contributed by atoms with Crippen molar-refractivity contribution < 1.29 is 4.79 Å². The summed E-state index contributed by atoms with van der Waals surface area (Å²) >= 11 is 5.80. The summed E-state index contributed by atoms with van der Waals surface area (Å²) in [6.07, 6.45) is 3.30. The van der Waals surface area contributed by atoms with Crippen LogP contribution in [0.1, 0.15) is 27.3 Å². The highest BCUT2D eigenvalue weighted by Gasteiger charge is 2.07. The standard InChI is InChI=1S/C18H20ClN5O/c1-13-9-14(2)24(22-13)11-15-3-5-16(6-4-15)18(25)20-7-8-23-12-17(19)10-21-23/h3-6,9-10,12H,7-8,11H2,1-2H3,(H,20,25). The van der Waals surface area contributed by atoms with Gasteiger partial charge in [0, 0.05) is 24.0 Å². The number of nitrogens with zero attached hydrogens (tertiary/aromatic N) is 4. The van der Waals surface area contributed by atoms with Gasteiger partial charge < -0.3 is 5.32 Å². The Hall–Kier alpha value is -2.60. The Kier molecular flexibility index (Phi) is 5.19. The zero-order valence-corrected chi connectivity index (χ0v) is 15.0. The summed E-state index contributed by atoms with van der Waals surface area (Å²) in [4.78, 5) is 12.2. The van der Waals surface area contributed by atoms with Gasteiger partial charge in [0.15, 0.2) is 0 Å². The largest absolute Gasteiger partial charge is 0.350 e. The number of hydrogen-bond acceptors (Lipinski definition) is 3. The molecule has 0 radical (unpaired) electrons. The Morgan fingerprint density at radius 2 is 2.00 bits per heavy atom. The second kappa shape index (κ2) is 7.53. The van der Waals surface area contributed by atoms with E-state index >= 15 is 0 Å². The first-order valence-corrected chi connectivity index (χ1v) is 8.45. The highest BCUT2D eigenvalue weighted by Crippen LogP contribution is 2.09. The molecule has 0 atom stereocenters. The molecular formula is C18H20ClN5O. The normalized spacial score (nSPS) is 10.8. The first-order chi connectivity index (χ1) is 12.0. The van der Waals surface area contributed by atoms with E-state index in [1.807, 2.05) is 42.8 Å². The van der Waals surface area contributed by atoms with E-state index in [0.717, 1.165) is 17.0 Å². The Balaban J connectivity index is 1.54. The molecule has 1 N–H and O–H groups in total. The number of hydrogen-bond donors (Lipinski definition) is 1. The average Bonchev–Trinajstić information content (AvgIpc) is 3.13. The lowest BCUT2D eigenvalue weighted by molar-refractivity contribution is 0.0952. The molecule has 7 heteroatoms. The minimum absolute atomic E-state index is 0.101. The molecular weight excluding hydrogens is 338 g/mol. The van der Waals surface area contributed by atoms with Crippen molar-refractivity contribution in [3.63, 3.8) is 0 Å². The molecule has 1 amide bonds. The van der Waals surface area contributed by atoms with Gasteiger partial charge in [-0.05, 0) is 37.6 Å². The zero-order chi connectivity index (χ0) is 17.8. The number of amides is 1. The third-order valence-corrected chi connectivity index (χ3v) is 4.08. The van der Waals surface area contributed by atoms with Crippen LogP contribution in [-0.2, 0) is 13.1 Å². The molecule has 1 aromatic carbocycles. The van der Waals surface area contributed by atoms with Crippen LogP contribution in [-0.4, -0.2) is 32.0 Å². The predicted octanol–water partition coefficient (Wildman–Crippen LogP) is 2.83. The van der Waals surface area contributed by atoms with E-state index in [4.69, 9.17) is 11.6 Å². The predicted molar refractivity (Wildman–Crippen MR) is 96.8 cm³/mol. The summed E-state index contributed by atoms with van der Waals surface area (Å²) in [5, 5.41) is 12.0. The second-order valence-electron chi connectivity index (χ2n) is 5.96. The fraction of sp³-hybridized carbons (Fsp3) is 0.278. The first kappa shape index (κ1) is 17.2. The van der Waals surface area contributed by atoms with E-state index in [0.29, 0.717) is 30.2 Å². The third-order valence-electron chi connectivity index (χ3n) is 3.88. The van der Waals surface area contributed by atoms with Crippen LogP contribution in [0.15, 0.2) is 42.7 Å². The van der Waals surface area contributed by atoms with Crippen molar-refractivity contribution in [1.29, 1.82) is 0 Å². The van der Waals surface area contributed by atoms with Gasteiger partial charge in [-0.3, -0.25) is 14.2 Å². The zero-order valence-electron chi connectivity index (χ0n) is 14.2. The quantitative estimate of drug-likeness (QED) is 0.737. The van der Waals surface area contributed by atoms with Crippen molar-refractivity contribution in [2.24, 2.45) is 0 Å². The lowest BCUT2D eigenvalue weighted by Crippen LogP contribution is -2.27. The third kappa shape index (κ3) is 4.48. The van der Waals surface area contributed by atoms with E-state index in [1.165, 1.54) is 0 Å². The number of carbonyl (C=O) groups excluding carboxylic acids is 1. The number of halogens is 1. The second-order valence-corrected chi connectivity index (χ2v) is 6.40. The molecule has 0 aliphatic heterocycles. The van der Waals surface area contributed by atoms with E-state index in [1.54, 1.807) is 17.1 Å². The van der Waals surface area contributed by atoms with Gasteiger partial charge in [-0.15, -0.1) is 0 Å². The molecule has 0 saturated carbocycles. The van der Waals surface area contributed by atoms with Gasteiger partial charge in [-0.1, -0.05) is 23.7 Å². The van der Waals surface area contributed by atoms with E-state index < -0.39 is 0 Å². The van der Waals surface area contributed by atoms with Gasteiger partial charge in [-0.25, -0.2) is 0 Å². The molecule has 6 nitrogen and oxygen atoms in total. The van der Waals surface area contributed by atoms with Gasteiger partial charge in [0.1, 0.15) is 0 Å². The van der Waals surface area contributed by atoms with Gasteiger partial charge in [0.05, 0.1) is 30.0 Å². The van der Waals surface area contributed by atoms with Crippen molar-refractivity contribution in [3.8, 4) is 0 Å². The molecule has 0 bridgehead atoms. The van der Waals surface area contributed by atoms with Gasteiger partial charge in [0.2, 0.25) is 0 Å². The van der Waals surface area contributed by atoms with Crippen LogP contribution < -0.4 is 5.32 Å². The highest BCUT2D eigenvalue weighted by molar-refractivity contribution is 6.30. The molecule has 3 aromatic rings. The Morgan fingerprint density at radius 1 is 1.24 bits per heavy atom. The number of benzene rings is 1. The number of rotatable bonds is 6. The molecule has 2 aromatic heterocycles. The van der Waals surface area contributed by atoms with Crippen LogP contribution >= 0.6 is 11.6 Å². The maximum atomic E-state index is 12.2. The van der Waals surface area contributed by atoms with Crippen LogP contribution in [0.5, 0.6) is 0 Å². The SMILES string of the molecule is Cc1cc(C)n(Cc2ccc(C(=O)NCCn3cc(Cl)cn3)cc2)n1. The molecule has 130 valence electrons. The summed E-state index contributed by atoms with van der Waals surface area (Å²) in [6.45, 7) is 5.78. The van der Waals surface area contributed by atoms with Crippen LogP contribution in [0.3, 0.4) is 0 Å². The molecule has 0 aliphatic rings.